The highest BCUT2D eigenvalue weighted by molar-refractivity contribution is 5.83. The lowest BCUT2D eigenvalue weighted by Crippen LogP contribution is -2.23. The van der Waals surface area contributed by atoms with Crippen molar-refractivity contribution in [3.05, 3.63) is 12.5 Å². The number of hydrogen-bond acceptors (Lipinski definition) is 6. The monoisotopic (exact) mass is 293 g/mol. The maximum absolute atomic E-state index is 5.87. The Morgan fingerprint density at radius 1 is 1.38 bits per heavy atom. The first-order valence-corrected chi connectivity index (χ1v) is 7.34. The molecule has 2 aromatic rings. The van der Waals surface area contributed by atoms with Crippen LogP contribution in [0.1, 0.15) is 33.6 Å². The van der Waals surface area contributed by atoms with Crippen molar-refractivity contribution in [1.82, 2.24) is 19.7 Å². The molecule has 0 aliphatic heterocycles. The fourth-order valence-corrected chi connectivity index (χ4v) is 2.29. The number of fused-ring (bicyclic) bond motifs is 1. The normalized spacial score (nSPS) is 14.4. The first-order chi connectivity index (χ1) is 10.2. The van der Waals surface area contributed by atoms with Crippen molar-refractivity contribution in [2.45, 2.75) is 52.6 Å². The number of nitrogens with two attached hydrogens (primary N) is 1. The van der Waals surface area contributed by atoms with Gasteiger partial charge in [0.05, 0.1) is 24.1 Å². The quantitative estimate of drug-likeness (QED) is 0.749. The molecule has 0 aliphatic rings. The third-order valence-electron chi connectivity index (χ3n) is 3.40. The second-order valence-electron chi connectivity index (χ2n) is 4.88. The van der Waals surface area contributed by atoms with E-state index in [2.05, 4.69) is 22.1 Å². The molecule has 7 heteroatoms. The van der Waals surface area contributed by atoms with Gasteiger partial charge in [0.15, 0.2) is 12.1 Å². The van der Waals surface area contributed by atoms with Crippen molar-refractivity contribution < 1.29 is 9.47 Å². The third-order valence-corrected chi connectivity index (χ3v) is 3.40. The second kappa shape index (κ2) is 7.33. The number of hydrogen-bond donors (Lipinski definition) is 1. The fraction of sp³-hybridized carbons (Fsp3) is 0.643. The zero-order valence-corrected chi connectivity index (χ0v) is 12.8. The Morgan fingerprint density at radius 3 is 2.90 bits per heavy atom. The average molecular weight is 293 g/mol. The number of aromatic nitrogens is 4. The van der Waals surface area contributed by atoms with Crippen LogP contribution >= 0.6 is 0 Å². The van der Waals surface area contributed by atoms with Gasteiger partial charge < -0.3 is 19.8 Å². The van der Waals surface area contributed by atoms with Crippen molar-refractivity contribution in [1.29, 1.82) is 0 Å². The third kappa shape index (κ3) is 3.89. The van der Waals surface area contributed by atoms with Gasteiger partial charge in [-0.15, -0.1) is 5.10 Å². The van der Waals surface area contributed by atoms with E-state index in [1.54, 1.807) is 12.5 Å². The van der Waals surface area contributed by atoms with E-state index in [1.165, 1.54) is 0 Å². The van der Waals surface area contributed by atoms with Gasteiger partial charge in [-0.1, -0.05) is 6.92 Å². The van der Waals surface area contributed by atoms with Crippen molar-refractivity contribution in [2.75, 3.05) is 12.3 Å². The lowest BCUT2D eigenvalue weighted by atomic mass is 10.2. The summed E-state index contributed by atoms with van der Waals surface area (Å²) in [7, 11) is 0. The van der Waals surface area contributed by atoms with Crippen LogP contribution < -0.4 is 5.73 Å². The number of nitrogen functional groups attached to an aromatic ring is 1. The van der Waals surface area contributed by atoms with Gasteiger partial charge in [-0.05, 0) is 26.7 Å². The minimum Gasteiger partial charge on any atom is -0.380 e. The Morgan fingerprint density at radius 2 is 2.19 bits per heavy atom. The number of nitrogens with zero attached hydrogens (tertiary/aromatic N) is 4. The van der Waals surface area contributed by atoms with Gasteiger partial charge in [0.1, 0.15) is 5.52 Å². The molecule has 0 saturated heterocycles. The Bertz CT molecular complexity index is 571. The second-order valence-corrected chi connectivity index (χ2v) is 4.88. The smallest absolute Gasteiger partial charge is 0.174 e. The summed E-state index contributed by atoms with van der Waals surface area (Å²) in [5.41, 5.74) is 7.35. The zero-order chi connectivity index (χ0) is 15.2. The van der Waals surface area contributed by atoms with Crippen LogP contribution in [0.4, 0.5) is 5.82 Å². The van der Waals surface area contributed by atoms with Crippen LogP contribution in [0.3, 0.4) is 0 Å². The first-order valence-electron chi connectivity index (χ1n) is 7.34. The number of aryl methyl sites for hydroxylation is 1. The summed E-state index contributed by atoms with van der Waals surface area (Å²) in [5.74, 6) is 0.361. The van der Waals surface area contributed by atoms with Crippen molar-refractivity contribution in [3.63, 3.8) is 0 Å². The van der Waals surface area contributed by atoms with E-state index in [-0.39, 0.29) is 12.4 Å². The topological polar surface area (TPSA) is 88.1 Å². The summed E-state index contributed by atoms with van der Waals surface area (Å²) in [6, 6.07) is 0. The van der Waals surface area contributed by atoms with Crippen LogP contribution in [0.2, 0.25) is 0 Å². The van der Waals surface area contributed by atoms with Gasteiger partial charge in [0, 0.05) is 13.2 Å². The van der Waals surface area contributed by atoms with Crippen molar-refractivity contribution in [2.24, 2.45) is 0 Å². The van der Waals surface area contributed by atoms with E-state index >= 15 is 0 Å². The number of rotatable bonds is 8. The molecular formula is C14H23N5O2. The lowest BCUT2D eigenvalue weighted by Gasteiger charge is -2.21. The predicted molar refractivity (Wildman–Crippen MR) is 80.6 cm³/mol. The van der Waals surface area contributed by atoms with E-state index in [4.69, 9.17) is 15.2 Å². The minimum absolute atomic E-state index is 0.149. The maximum atomic E-state index is 5.87. The zero-order valence-electron chi connectivity index (χ0n) is 12.8. The fourth-order valence-electron chi connectivity index (χ4n) is 2.29. The summed E-state index contributed by atoms with van der Waals surface area (Å²) in [6.07, 6.45) is 5.23. The van der Waals surface area contributed by atoms with Crippen LogP contribution in [0.15, 0.2) is 12.5 Å². The molecule has 2 unspecified atom stereocenters. The molecule has 0 aliphatic carbocycles. The van der Waals surface area contributed by atoms with Crippen LogP contribution in [-0.4, -0.2) is 38.7 Å². The van der Waals surface area contributed by atoms with Gasteiger partial charge in [0.2, 0.25) is 0 Å². The standard InChI is InChI=1S/C14H23N5O2/c1-4-11(21-10(3)20-5-2)6-7-19-9-16-13-12(19)8-17-18-14(13)15/h8-11H,4-7H2,1-3H3,(H2,15,18). The molecule has 2 rings (SSSR count). The number of anilines is 1. The summed E-state index contributed by atoms with van der Waals surface area (Å²) in [5, 5.41) is 7.68. The molecule has 2 N–H and O–H groups in total. The van der Waals surface area contributed by atoms with E-state index in [1.807, 2.05) is 18.4 Å². The number of imidazole rings is 1. The molecule has 0 fully saturated rings. The summed E-state index contributed by atoms with van der Waals surface area (Å²) >= 11 is 0. The van der Waals surface area contributed by atoms with Crippen LogP contribution in [0.5, 0.6) is 0 Å². The molecule has 0 aromatic carbocycles. The van der Waals surface area contributed by atoms with E-state index in [0.717, 1.165) is 24.9 Å². The molecule has 2 heterocycles. The van der Waals surface area contributed by atoms with Gasteiger partial charge in [0.25, 0.3) is 0 Å². The summed E-state index contributed by atoms with van der Waals surface area (Å²) in [4.78, 5) is 4.28. The molecule has 2 aromatic heterocycles. The Balaban J connectivity index is 1.98. The summed E-state index contributed by atoms with van der Waals surface area (Å²) < 4.78 is 13.3. The highest BCUT2D eigenvalue weighted by Crippen LogP contribution is 2.17. The van der Waals surface area contributed by atoms with Gasteiger partial charge in [-0.2, -0.15) is 5.10 Å². The molecule has 2 atom stereocenters. The molecule has 0 saturated carbocycles. The molecule has 21 heavy (non-hydrogen) atoms. The predicted octanol–water partition coefficient (Wildman–Crippen LogP) is 1.98. The molecule has 0 spiro atoms. The largest absolute Gasteiger partial charge is 0.380 e. The number of ether oxygens (including phenoxy) is 2. The highest BCUT2D eigenvalue weighted by atomic mass is 16.7. The minimum atomic E-state index is -0.180. The Labute approximate surface area is 124 Å². The van der Waals surface area contributed by atoms with Gasteiger partial charge >= 0.3 is 0 Å². The van der Waals surface area contributed by atoms with Crippen LogP contribution in [-0.2, 0) is 16.0 Å². The van der Waals surface area contributed by atoms with Crippen molar-refractivity contribution in [3.8, 4) is 0 Å². The Hall–Kier alpha value is -1.73. The SMILES string of the molecule is CCOC(C)OC(CC)CCn1cnc2c(N)nncc21. The van der Waals surface area contributed by atoms with E-state index in [0.29, 0.717) is 17.9 Å². The maximum Gasteiger partial charge on any atom is 0.174 e. The molecule has 0 bridgehead atoms. The van der Waals surface area contributed by atoms with Crippen molar-refractivity contribution >= 4 is 16.9 Å². The highest BCUT2D eigenvalue weighted by Gasteiger charge is 2.13. The van der Waals surface area contributed by atoms with E-state index < -0.39 is 0 Å². The molecular weight excluding hydrogens is 270 g/mol. The Kier molecular flexibility index (Phi) is 5.46. The van der Waals surface area contributed by atoms with Crippen LogP contribution in [0, 0.1) is 0 Å². The summed E-state index contributed by atoms with van der Waals surface area (Å²) in [6.45, 7) is 7.44. The molecule has 0 amide bonds. The molecule has 0 radical (unpaired) electrons. The van der Waals surface area contributed by atoms with E-state index in [9.17, 15) is 0 Å². The average Bonchev–Trinajstić information content (AvgIpc) is 2.88. The van der Waals surface area contributed by atoms with Gasteiger partial charge in [-0.25, -0.2) is 4.98 Å². The lowest BCUT2D eigenvalue weighted by molar-refractivity contribution is -0.159. The first kappa shape index (κ1) is 15.7. The molecule has 7 nitrogen and oxygen atoms in total. The van der Waals surface area contributed by atoms with Gasteiger partial charge in [-0.3, -0.25) is 0 Å². The van der Waals surface area contributed by atoms with Crippen LogP contribution in [0.25, 0.3) is 11.0 Å². The molecule has 116 valence electrons.